The standard InChI is InChI=1S/C14H14OS/c1-11(7-9-15)5-6-12-3-2-4-13-8-10-16-14(12)13/h2-4,7-10H,5-6H2,1H3/b11-7+. The Kier molecular flexibility index (Phi) is 3.52. The van der Waals surface area contributed by atoms with Crippen LogP contribution in [0.3, 0.4) is 0 Å². The minimum Gasteiger partial charge on any atom is -0.299 e. The number of rotatable bonds is 4. The van der Waals surface area contributed by atoms with Gasteiger partial charge < -0.3 is 0 Å². The van der Waals surface area contributed by atoms with Crippen molar-refractivity contribution >= 4 is 27.7 Å². The zero-order valence-corrected chi connectivity index (χ0v) is 10.1. The summed E-state index contributed by atoms with van der Waals surface area (Å²) >= 11 is 1.79. The fourth-order valence-electron chi connectivity index (χ4n) is 1.78. The van der Waals surface area contributed by atoms with E-state index in [1.807, 2.05) is 6.92 Å². The SMILES string of the molecule is C/C(=C\C=O)CCc1cccc2ccsc12. The fourth-order valence-corrected chi connectivity index (χ4v) is 2.73. The van der Waals surface area contributed by atoms with Crippen molar-refractivity contribution in [2.75, 3.05) is 0 Å². The van der Waals surface area contributed by atoms with E-state index in [-0.39, 0.29) is 0 Å². The van der Waals surface area contributed by atoms with Crippen LogP contribution in [0.25, 0.3) is 10.1 Å². The van der Waals surface area contributed by atoms with Gasteiger partial charge in [-0.2, -0.15) is 0 Å². The molecular weight excluding hydrogens is 216 g/mol. The van der Waals surface area contributed by atoms with Crippen LogP contribution in [-0.4, -0.2) is 6.29 Å². The zero-order valence-electron chi connectivity index (χ0n) is 9.27. The number of thiophene rings is 1. The lowest BCUT2D eigenvalue weighted by Crippen LogP contribution is -1.87. The third-order valence-electron chi connectivity index (χ3n) is 2.70. The lowest BCUT2D eigenvalue weighted by molar-refractivity contribution is -0.104. The Morgan fingerprint density at radius 1 is 1.38 bits per heavy atom. The minimum atomic E-state index is 0.862. The molecule has 1 heterocycles. The number of carbonyl (C=O) groups is 1. The summed E-state index contributed by atoms with van der Waals surface area (Å²) < 4.78 is 1.38. The van der Waals surface area contributed by atoms with Crippen LogP contribution in [0.2, 0.25) is 0 Å². The third kappa shape index (κ3) is 2.39. The van der Waals surface area contributed by atoms with Crippen LogP contribution in [-0.2, 0) is 11.2 Å². The van der Waals surface area contributed by atoms with Crippen molar-refractivity contribution < 1.29 is 4.79 Å². The summed E-state index contributed by atoms with van der Waals surface area (Å²) in [5.74, 6) is 0. The van der Waals surface area contributed by atoms with Gasteiger partial charge in [-0.1, -0.05) is 23.8 Å². The fraction of sp³-hybridized carbons (Fsp3) is 0.214. The van der Waals surface area contributed by atoms with Crippen LogP contribution in [0.4, 0.5) is 0 Å². The molecule has 0 saturated heterocycles. The summed E-state index contributed by atoms with van der Waals surface area (Å²) in [6.45, 7) is 2.00. The predicted octanol–water partition coefficient (Wildman–Crippen LogP) is 3.98. The van der Waals surface area contributed by atoms with E-state index in [1.165, 1.54) is 15.6 Å². The van der Waals surface area contributed by atoms with E-state index < -0.39 is 0 Å². The van der Waals surface area contributed by atoms with Gasteiger partial charge in [0.25, 0.3) is 0 Å². The molecule has 82 valence electrons. The van der Waals surface area contributed by atoms with Crippen LogP contribution in [0.1, 0.15) is 18.9 Å². The Hall–Kier alpha value is -1.41. The first-order chi connectivity index (χ1) is 7.81. The van der Waals surface area contributed by atoms with Crippen molar-refractivity contribution in [1.29, 1.82) is 0 Å². The molecule has 2 rings (SSSR count). The number of hydrogen-bond acceptors (Lipinski definition) is 2. The summed E-state index contributed by atoms with van der Waals surface area (Å²) in [4.78, 5) is 10.3. The maximum atomic E-state index is 10.3. The van der Waals surface area contributed by atoms with Gasteiger partial charge in [0.2, 0.25) is 0 Å². The third-order valence-corrected chi connectivity index (χ3v) is 3.71. The van der Waals surface area contributed by atoms with Gasteiger partial charge in [0.1, 0.15) is 6.29 Å². The monoisotopic (exact) mass is 230 g/mol. The van der Waals surface area contributed by atoms with Crippen molar-refractivity contribution in [1.82, 2.24) is 0 Å². The topological polar surface area (TPSA) is 17.1 Å². The van der Waals surface area contributed by atoms with Crippen LogP contribution in [0, 0.1) is 0 Å². The quantitative estimate of drug-likeness (QED) is 0.573. The zero-order chi connectivity index (χ0) is 11.4. The van der Waals surface area contributed by atoms with Gasteiger partial charge in [-0.05, 0) is 48.2 Å². The van der Waals surface area contributed by atoms with Gasteiger partial charge >= 0.3 is 0 Å². The van der Waals surface area contributed by atoms with Gasteiger partial charge in [0.15, 0.2) is 0 Å². The van der Waals surface area contributed by atoms with Gasteiger partial charge in [-0.15, -0.1) is 11.3 Å². The van der Waals surface area contributed by atoms with E-state index >= 15 is 0 Å². The van der Waals surface area contributed by atoms with Crippen molar-refractivity contribution in [2.45, 2.75) is 19.8 Å². The smallest absolute Gasteiger partial charge is 0.142 e. The van der Waals surface area contributed by atoms with Gasteiger partial charge in [-0.25, -0.2) is 0 Å². The van der Waals surface area contributed by atoms with E-state index in [2.05, 4.69) is 29.6 Å². The Morgan fingerprint density at radius 3 is 3.06 bits per heavy atom. The van der Waals surface area contributed by atoms with Crippen LogP contribution in [0.5, 0.6) is 0 Å². The highest BCUT2D eigenvalue weighted by atomic mass is 32.1. The number of aryl methyl sites for hydroxylation is 1. The minimum absolute atomic E-state index is 0.862. The molecule has 0 bridgehead atoms. The lowest BCUT2D eigenvalue weighted by atomic mass is 10.0. The number of allylic oxidation sites excluding steroid dienone is 2. The van der Waals surface area contributed by atoms with Crippen molar-refractivity contribution in [3.05, 3.63) is 46.9 Å². The van der Waals surface area contributed by atoms with Gasteiger partial charge in [0, 0.05) is 4.70 Å². The van der Waals surface area contributed by atoms with Crippen molar-refractivity contribution in [3.8, 4) is 0 Å². The molecule has 2 heteroatoms. The highest BCUT2D eigenvalue weighted by molar-refractivity contribution is 7.17. The molecule has 0 aliphatic rings. The molecule has 0 amide bonds. The summed E-state index contributed by atoms with van der Waals surface area (Å²) in [5, 5.41) is 3.45. The highest BCUT2D eigenvalue weighted by Crippen LogP contribution is 2.26. The molecule has 0 aliphatic carbocycles. The molecular formula is C14H14OS. The molecule has 0 saturated carbocycles. The summed E-state index contributed by atoms with van der Waals surface area (Å²) in [6, 6.07) is 8.57. The molecule has 0 spiro atoms. The molecule has 0 radical (unpaired) electrons. The first-order valence-electron chi connectivity index (χ1n) is 5.37. The second kappa shape index (κ2) is 5.08. The highest BCUT2D eigenvalue weighted by Gasteiger charge is 2.02. The number of aldehydes is 1. The second-order valence-electron chi connectivity index (χ2n) is 3.91. The molecule has 1 nitrogen and oxygen atoms in total. The van der Waals surface area contributed by atoms with Gasteiger partial charge in [-0.3, -0.25) is 4.79 Å². The molecule has 0 fully saturated rings. The molecule has 0 atom stereocenters. The molecule has 0 unspecified atom stereocenters. The maximum absolute atomic E-state index is 10.3. The first kappa shape index (κ1) is 11.1. The Balaban J connectivity index is 2.18. The predicted molar refractivity (Wildman–Crippen MR) is 70.0 cm³/mol. The van der Waals surface area contributed by atoms with Gasteiger partial charge in [0.05, 0.1) is 0 Å². The number of benzene rings is 1. The average molecular weight is 230 g/mol. The van der Waals surface area contributed by atoms with E-state index in [4.69, 9.17) is 0 Å². The molecule has 0 aliphatic heterocycles. The van der Waals surface area contributed by atoms with Crippen LogP contribution >= 0.6 is 11.3 Å². The van der Waals surface area contributed by atoms with E-state index in [9.17, 15) is 4.79 Å². The summed E-state index contributed by atoms with van der Waals surface area (Å²) in [5.41, 5.74) is 2.52. The summed E-state index contributed by atoms with van der Waals surface area (Å²) in [7, 11) is 0. The normalized spacial score (nSPS) is 11.9. The first-order valence-corrected chi connectivity index (χ1v) is 6.25. The average Bonchev–Trinajstić information content (AvgIpc) is 2.75. The van der Waals surface area contributed by atoms with E-state index in [0.717, 1.165) is 24.7 Å². The maximum Gasteiger partial charge on any atom is 0.142 e. The Morgan fingerprint density at radius 2 is 2.25 bits per heavy atom. The largest absolute Gasteiger partial charge is 0.299 e. The molecule has 2 aromatic rings. The number of fused-ring (bicyclic) bond motifs is 1. The number of hydrogen-bond donors (Lipinski definition) is 0. The van der Waals surface area contributed by atoms with E-state index in [1.54, 1.807) is 17.4 Å². The Bertz CT molecular complexity index is 522. The number of carbonyl (C=O) groups excluding carboxylic acids is 1. The lowest BCUT2D eigenvalue weighted by Gasteiger charge is -2.03. The van der Waals surface area contributed by atoms with E-state index in [0.29, 0.717) is 0 Å². The van der Waals surface area contributed by atoms with Crippen LogP contribution < -0.4 is 0 Å². The van der Waals surface area contributed by atoms with Crippen molar-refractivity contribution in [2.24, 2.45) is 0 Å². The second-order valence-corrected chi connectivity index (χ2v) is 4.82. The molecule has 0 N–H and O–H groups in total. The Labute approximate surface area is 99.4 Å². The molecule has 1 aromatic heterocycles. The molecule has 1 aromatic carbocycles. The summed E-state index contributed by atoms with van der Waals surface area (Å²) in [6.07, 6.45) is 4.47. The van der Waals surface area contributed by atoms with Crippen LogP contribution in [0.15, 0.2) is 41.3 Å². The van der Waals surface area contributed by atoms with Crippen molar-refractivity contribution in [3.63, 3.8) is 0 Å². The molecule has 16 heavy (non-hydrogen) atoms.